The largest absolute Gasteiger partial charge is 0.497 e. The van der Waals surface area contributed by atoms with Crippen LogP contribution in [0.4, 0.5) is 5.69 Å². The highest BCUT2D eigenvalue weighted by molar-refractivity contribution is 8.03. The molecule has 2 aromatic carbocycles. The Hall–Kier alpha value is -1.91. The van der Waals surface area contributed by atoms with Crippen molar-refractivity contribution in [2.45, 2.75) is 11.8 Å². The summed E-state index contributed by atoms with van der Waals surface area (Å²) in [5.74, 6) is 0.717. The van der Waals surface area contributed by atoms with Gasteiger partial charge < -0.3 is 9.64 Å². The summed E-state index contributed by atoms with van der Waals surface area (Å²) < 4.78 is 5.12. The van der Waals surface area contributed by atoms with E-state index in [1.165, 1.54) is 0 Å². The van der Waals surface area contributed by atoms with Crippen LogP contribution in [-0.2, 0) is 0 Å². The molecule has 1 heterocycles. The van der Waals surface area contributed by atoms with Gasteiger partial charge in [0, 0.05) is 28.1 Å². The zero-order valence-corrected chi connectivity index (χ0v) is 14.4. The van der Waals surface area contributed by atoms with E-state index in [1.807, 2.05) is 18.2 Å². The summed E-state index contributed by atoms with van der Waals surface area (Å²) in [5, 5.41) is 1.62. The number of nitrogens with zero attached hydrogens (tertiary/aromatic N) is 1. The second-order valence-corrected chi connectivity index (χ2v) is 6.53. The molecule has 2 aromatic rings. The Labute approximate surface area is 144 Å². The molecule has 0 N–H and O–H groups in total. The van der Waals surface area contributed by atoms with Gasteiger partial charge in [0.1, 0.15) is 5.75 Å². The third kappa shape index (κ3) is 3.23. The minimum Gasteiger partial charge on any atom is -0.497 e. The van der Waals surface area contributed by atoms with Gasteiger partial charge in [-0.05, 0) is 49.4 Å². The van der Waals surface area contributed by atoms with Gasteiger partial charge in [-0.2, -0.15) is 0 Å². The molecular weight excluding hydrogens is 330 g/mol. The van der Waals surface area contributed by atoms with E-state index in [0.29, 0.717) is 10.6 Å². The number of hydrogen-bond acceptors (Lipinski definition) is 4. The number of benzene rings is 2. The average molecular weight is 346 g/mol. The maximum absolute atomic E-state index is 12.5. The van der Waals surface area contributed by atoms with E-state index in [-0.39, 0.29) is 5.78 Å². The van der Waals surface area contributed by atoms with Gasteiger partial charge in [0.25, 0.3) is 0 Å². The Morgan fingerprint density at radius 2 is 2.00 bits per heavy atom. The predicted octanol–water partition coefficient (Wildman–Crippen LogP) is 5.00. The fraction of sp³-hybridized carbons (Fsp3) is 0.167. The molecule has 118 valence electrons. The van der Waals surface area contributed by atoms with Crippen LogP contribution in [-0.4, -0.2) is 19.4 Å². The number of ether oxygens (including phenoxy) is 1. The molecule has 5 heteroatoms. The number of carbonyl (C=O) groups excluding carboxylic acids is 1. The topological polar surface area (TPSA) is 29.5 Å². The first-order valence-corrected chi connectivity index (χ1v) is 8.47. The normalized spacial score (nSPS) is 14.9. The lowest BCUT2D eigenvalue weighted by Crippen LogP contribution is -2.17. The maximum atomic E-state index is 12.5. The van der Waals surface area contributed by atoms with Crippen molar-refractivity contribution >= 4 is 34.8 Å². The molecule has 0 bridgehead atoms. The van der Waals surface area contributed by atoms with Gasteiger partial charge in [0.05, 0.1) is 17.8 Å². The van der Waals surface area contributed by atoms with Gasteiger partial charge in [-0.3, -0.25) is 4.79 Å². The third-order valence-electron chi connectivity index (χ3n) is 3.64. The summed E-state index contributed by atoms with van der Waals surface area (Å²) in [7, 11) is 1.61. The molecule has 1 aliphatic heterocycles. The van der Waals surface area contributed by atoms with E-state index < -0.39 is 0 Å². The Morgan fingerprint density at radius 1 is 1.26 bits per heavy atom. The van der Waals surface area contributed by atoms with Gasteiger partial charge in [-0.15, -0.1) is 0 Å². The number of halogens is 1. The van der Waals surface area contributed by atoms with Gasteiger partial charge in [0.2, 0.25) is 0 Å². The number of rotatable bonds is 4. The first-order valence-electron chi connectivity index (χ1n) is 7.27. The van der Waals surface area contributed by atoms with Crippen molar-refractivity contribution in [1.82, 2.24) is 0 Å². The number of ketones is 1. The predicted molar refractivity (Wildman–Crippen MR) is 95.7 cm³/mol. The molecule has 0 saturated heterocycles. The summed E-state index contributed by atoms with van der Waals surface area (Å²) in [6, 6.07) is 12.9. The Balaban J connectivity index is 1.88. The second-order valence-electron chi connectivity index (χ2n) is 5.03. The fourth-order valence-electron chi connectivity index (χ4n) is 2.46. The van der Waals surface area contributed by atoms with Crippen LogP contribution < -0.4 is 9.64 Å². The summed E-state index contributed by atoms with van der Waals surface area (Å²) in [4.78, 5) is 15.7. The highest BCUT2D eigenvalue weighted by Crippen LogP contribution is 2.46. The fourth-order valence-corrected chi connectivity index (χ4v) is 3.76. The van der Waals surface area contributed by atoms with Crippen LogP contribution in [0.1, 0.15) is 17.3 Å². The SMILES string of the molecule is CCN1C(=CC(=O)c2ccc(OC)cc2)Sc2ccc(Cl)cc21. The van der Waals surface area contributed by atoms with Crippen LogP contribution in [0.25, 0.3) is 0 Å². The molecular formula is C18H16ClNO2S. The number of methoxy groups -OCH3 is 1. The van der Waals surface area contributed by atoms with E-state index in [1.54, 1.807) is 49.2 Å². The van der Waals surface area contributed by atoms with Crippen LogP contribution in [0.15, 0.2) is 58.5 Å². The highest BCUT2D eigenvalue weighted by Gasteiger charge is 2.25. The molecule has 0 aromatic heterocycles. The van der Waals surface area contributed by atoms with Crippen molar-refractivity contribution < 1.29 is 9.53 Å². The van der Waals surface area contributed by atoms with Crippen LogP contribution in [0, 0.1) is 0 Å². The van der Waals surface area contributed by atoms with Crippen LogP contribution in [0.5, 0.6) is 5.75 Å². The van der Waals surface area contributed by atoms with Gasteiger partial charge in [0.15, 0.2) is 5.78 Å². The number of carbonyl (C=O) groups is 1. The quantitative estimate of drug-likeness (QED) is 0.575. The molecule has 0 fully saturated rings. The summed E-state index contributed by atoms with van der Waals surface area (Å²) >= 11 is 7.68. The van der Waals surface area contributed by atoms with Gasteiger partial charge in [-0.1, -0.05) is 23.4 Å². The number of hydrogen-bond donors (Lipinski definition) is 0. The second kappa shape index (κ2) is 6.69. The van der Waals surface area contributed by atoms with Crippen molar-refractivity contribution in [3.63, 3.8) is 0 Å². The number of allylic oxidation sites excluding steroid dienone is 1. The standard InChI is InChI=1S/C18H16ClNO2S/c1-3-20-15-10-13(19)6-9-17(15)23-18(20)11-16(21)12-4-7-14(22-2)8-5-12/h4-11H,3H2,1-2H3. The Morgan fingerprint density at radius 3 is 2.65 bits per heavy atom. The van der Waals surface area contributed by atoms with Crippen molar-refractivity contribution in [1.29, 1.82) is 0 Å². The van der Waals surface area contributed by atoms with Gasteiger partial charge in [-0.25, -0.2) is 0 Å². The number of anilines is 1. The first-order chi connectivity index (χ1) is 11.1. The van der Waals surface area contributed by atoms with Crippen molar-refractivity contribution in [3.8, 4) is 5.75 Å². The molecule has 0 saturated carbocycles. The molecule has 0 amide bonds. The van der Waals surface area contributed by atoms with E-state index in [0.717, 1.165) is 27.9 Å². The molecule has 23 heavy (non-hydrogen) atoms. The summed E-state index contributed by atoms with van der Waals surface area (Å²) in [6.07, 6.45) is 1.68. The lowest BCUT2D eigenvalue weighted by atomic mass is 10.1. The Kier molecular flexibility index (Phi) is 4.64. The van der Waals surface area contributed by atoms with Crippen LogP contribution >= 0.6 is 23.4 Å². The molecule has 0 spiro atoms. The summed E-state index contributed by atoms with van der Waals surface area (Å²) in [6.45, 7) is 2.84. The minimum atomic E-state index is -0.0208. The zero-order valence-electron chi connectivity index (χ0n) is 12.9. The Bertz CT molecular complexity index is 771. The zero-order chi connectivity index (χ0) is 16.4. The molecule has 3 rings (SSSR count). The molecule has 1 aliphatic rings. The molecule has 0 aliphatic carbocycles. The van der Waals surface area contributed by atoms with E-state index in [2.05, 4.69) is 11.8 Å². The van der Waals surface area contributed by atoms with Crippen LogP contribution in [0.3, 0.4) is 0 Å². The monoisotopic (exact) mass is 345 g/mol. The minimum absolute atomic E-state index is 0.0208. The number of fused-ring (bicyclic) bond motifs is 1. The lowest BCUT2D eigenvalue weighted by molar-refractivity contribution is 0.104. The van der Waals surface area contributed by atoms with Crippen molar-refractivity contribution in [2.75, 3.05) is 18.6 Å². The molecule has 0 radical (unpaired) electrons. The summed E-state index contributed by atoms with van der Waals surface area (Å²) in [5.41, 5.74) is 1.70. The molecule has 0 unspecified atom stereocenters. The smallest absolute Gasteiger partial charge is 0.188 e. The van der Waals surface area contributed by atoms with E-state index in [9.17, 15) is 4.79 Å². The molecule has 3 nitrogen and oxygen atoms in total. The van der Waals surface area contributed by atoms with E-state index >= 15 is 0 Å². The average Bonchev–Trinajstić information content (AvgIpc) is 2.91. The first kappa shape index (κ1) is 16.0. The number of thioether (sulfide) groups is 1. The van der Waals surface area contributed by atoms with Gasteiger partial charge >= 0.3 is 0 Å². The molecule has 0 atom stereocenters. The highest BCUT2D eigenvalue weighted by atomic mass is 35.5. The van der Waals surface area contributed by atoms with E-state index in [4.69, 9.17) is 16.3 Å². The van der Waals surface area contributed by atoms with Crippen molar-refractivity contribution in [2.24, 2.45) is 0 Å². The lowest BCUT2D eigenvalue weighted by Gasteiger charge is -2.17. The third-order valence-corrected chi connectivity index (χ3v) is 4.99. The van der Waals surface area contributed by atoms with Crippen molar-refractivity contribution in [3.05, 3.63) is 64.2 Å². The maximum Gasteiger partial charge on any atom is 0.188 e. The van der Waals surface area contributed by atoms with Crippen LogP contribution in [0.2, 0.25) is 5.02 Å².